The van der Waals surface area contributed by atoms with E-state index in [-0.39, 0.29) is 5.69 Å². The number of aromatic nitrogens is 2. The third-order valence-electron chi connectivity index (χ3n) is 3.92. The summed E-state index contributed by atoms with van der Waals surface area (Å²) in [6.45, 7) is 0. The average Bonchev–Trinajstić information content (AvgIpc) is 3.01. The van der Waals surface area contributed by atoms with Crippen LogP contribution in [0.25, 0.3) is 16.9 Å². The molecule has 6 nitrogen and oxygen atoms in total. The molecule has 2 aromatic heterocycles. The quantitative estimate of drug-likeness (QED) is 0.436. The first-order chi connectivity index (χ1) is 12.2. The molecular formula is C19H14N4O2. The zero-order valence-electron chi connectivity index (χ0n) is 13.2. The van der Waals surface area contributed by atoms with Gasteiger partial charge in [-0.3, -0.25) is 14.5 Å². The molecule has 1 N–H and O–H groups in total. The maximum Gasteiger partial charge on any atom is 0.269 e. The summed E-state index contributed by atoms with van der Waals surface area (Å²) in [7, 11) is 0. The third kappa shape index (κ3) is 2.81. The Hall–Kier alpha value is -3.67. The first-order valence-electron chi connectivity index (χ1n) is 7.76. The summed E-state index contributed by atoms with van der Waals surface area (Å²) in [5.41, 5.74) is 3.35. The van der Waals surface area contributed by atoms with Crippen molar-refractivity contribution in [3.8, 4) is 11.3 Å². The highest BCUT2D eigenvalue weighted by molar-refractivity contribution is 5.80. The number of anilines is 2. The molecule has 0 fully saturated rings. The molecule has 122 valence electrons. The fraction of sp³-hybridized carbons (Fsp3) is 0. The molecule has 2 aromatic carbocycles. The number of para-hydroxylation sites is 1. The normalized spacial score (nSPS) is 10.7. The van der Waals surface area contributed by atoms with Crippen LogP contribution in [0.15, 0.2) is 79.0 Å². The van der Waals surface area contributed by atoms with E-state index < -0.39 is 4.92 Å². The van der Waals surface area contributed by atoms with Crippen molar-refractivity contribution >= 4 is 22.8 Å². The number of hydrogen-bond donors (Lipinski definition) is 1. The van der Waals surface area contributed by atoms with Crippen LogP contribution in [0, 0.1) is 10.1 Å². The zero-order chi connectivity index (χ0) is 17.2. The second-order valence-corrected chi connectivity index (χ2v) is 5.53. The number of nitrogens with one attached hydrogen (secondary N) is 1. The van der Waals surface area contributed by atoms with Crippen molar-refractivity contribution in [2.24, 2.45) is 0 Å². The fourth-order valence-electron chi connectivity index (χ4n) is 2.72. The van der Waals surface area contributed by atoms with Gasteiger partial charge in [0, 0.05) is 29.6 Å². The minimum absolute atomic E-state index is 0.0603. The highest BCUT2D eigenvalue weighted by Gasteiger charge is 2.15. The largest absolute Gasteiger partial charge is 0.339 e. The molecule has 0 bridgehead atoms. The Morgan fingerprint density at radius 2 is 1.64 bits per heavy atom. The Balaban J connectivity index is 1.85. The summed E-state index contributed by atoms with van der Waals surface area (Å²) >= 11 is 0. The third-order valence-corrected chi connectivity index (χ3v) is 3.92. The minimum atomic E-state index is -0.406. The van der Waals surface area contributed by atoms with Gasteiger partial charge < -0.3 is 5.32 Å². The van der Waals surface area contributed by atoms with E-state index in [1.807, 2.05) is 59.1 Å². The molecule has 6 heteroatoms. The van der Waals surface area contributed by atoms with Gasteiger partial charge in [0.1, 0.15) is 17.2 Å². The highest BCUT2D eigenvalue weighted by atomic mass is 16.6. The molecule has 0 aliphatic carbocycles. The molecule has 0 spiro atoms. The van der Waals surface area contributed by atoms with E-state index in [0.29, 0.717) is 0 Å². The van der Waals surface area contributed by atoms with Crippen LogP contribution in [0.4, 0.5) is 17.2 Å². The number of hydrogen-bond acceptors (Lipinski definition) is 4. The van der Waals surface area contributed by atoms with E-state index in [1.165, 1.54) is 12.1 Å². The van der Waals surface area contributed by atoms with E-state index in [9.17, 15) is 10.1 Å². The van der Waals surface area contributed by atoms with Crippen LogP contribution >= 0.6 is 0 Å². The molecule has 0 atom stereocenters. The van der Waals surface area contributed by atoms with Crippen molar-refractivity contribution in [2.45, 2.75) is 0 Å². The summed E-state index contributed by atoms with van der Waals surface area (Å²) in [5.74, 6) is 0.815. The first-order valence-corrected chi connectivity index (χ1v) is 7.76. The molecule has 4 rings (SSSR count). The van der Waals surface area contributed by atoms with Gasteiger partial charge in [-0.15, -0.1) is 0 Å². The standard InChI is InChI=1S/C19H14N4O2/c24-23(25)16-11-9-14(10-12-16)18-19(20-15-6-2-1-3-7-15)22-13-5-4-8-17(22)21-18/h1-13,20H. The maximum absolute atomic E-state index is 10.9. The van der Waals surface area contributed by atoms with Gasteiger partial charge in [-0.2, -0.15) is 0 Å². The number of fused-ring (bicyclic) bond motifs is 1. The van der Waals surface area contributed by atoms with Crippen molar-refractivity contribution in [1.29, 1.82) is 0 Å². The van der Waals surface area contributed by atoms with Gasteiger partial charge in [-0.1, -0.05) is 24.3 Å². The number of imidazole rings is 1. The van der Waals surface area contributed by atoms with Crippen molar-refractivity contribution in [3.05, 3.63) is 89.1 Å². The van der Waals surface area contributed by atoms with Gasteiger partial charge in [0.05, 0.1) is 4.92 Å². The number of nitro benzene ring substituents is 1. The van der Waals surface area contributed by atoms with Crippen LogP contribution in [-0.2, 0) is 0 Å². The number of nitro groups is 1. The number of nitrogens with zero attached hydrogens (tertiary/aromatic N) is 3. The lowest BCUT2D eigenvalue weighted by molar-refractivity contribution is -0.384. The van der Waals surface area contributed by atoms with Gasteiger partial charge in [0.2, 0.25) is 0 Å². The molecule has 0 aliphatic heterocycles. The van der Waals surface area contributed by atoms with Gasteiger partial charge in [-0.25, -0.2) is 4.98 Å². The monoisotopic (exact) mass is 330 g/mol. The number of non-ortho nitro benzene ring substituents is 1. The summed E-state index contributed by atoms with van der Waals surface area (Å²) < 4.78 is 1.96. The minimum Gasteiger partial charge on any atom is -0.339 e. The van der Waals surface area contributed by atoms with Crippen molar-refractivity contribution < 1.29 is 4.92 Å². The van der Waals surface area contributed by atoms with Crippen molar-refractivity contribution in [1.82, 2.24) is 9.38 Å². The fourth-order valence-corrected chi connectivity index (χ4v) is 2.72. The lowest BCUT2D eigenvalue weighted by atomic mass is 10.1. The van der Waals surface area contributed by atoms with Crippen LogP contribution in [0.1, 0.15) is 0 Å². The molecule has 0 amide bonds. The average molecular weight is 330 g/mol. The van der Waals surface area contributed by atoms with Gasteiger partial charge in [-0.05, 0) is 36.4 Å². The number of pyridine rings is 1. The SMILES string of the molecule is O=[N+]([O-])c1ccc(-c2nc3ccccn3c2Nc2ccccc2)cc1. The summed E-state index contributed by atoms with van der Waals surface area (Å²) in [5, 5.41) is 14.3. The smallest absolute Gasteiger partial charge is 0.269 e. The molecule has 0 aliphatic rings. The second-order valence-electron chi connectivity index (χ2n) is 5.53. The van der Waals surface area contributed by atoms with Gasteiger partial charge in [0.25, 0.3) is 5.69 Å². The molecule has 2 heterocycles. The lowest BCUT2D eigenvalue weighted by Gasteiger charge is -2.08. The van der Waals surface area contributed by atoms with Crippen LogP contribution in [0.3, 0.4) is 0 Å². The molecule has 0 unspecified atom stereocenters. The predicted octanol–water partition coefficient (Wildman–Crippen LogP) is 4.65. The summed E-state index contributed by atoms with van der Waals surface area (Å²) in [4.78, 5) is 15.1. The molecule has 25 heavy (non-hydrogen) atoms. The van der Waals surface area contributed by atoms with E-state index in [1.54, 1.807) is 12.1 Å². The first kappa shape index (κ1) is 14.9. The predicted molar refractivity (Wildman–Crippen MR) is 97.0 cm³/mol. The van der Waals surface area contributed by atoms with Crippen molar-refractivity contribution in [2.75, 3.05) is 5.32 Å². The zero-order valence-corrected chi connectivity index (χ0v) is 13.2. The van der Waals surface area contributed by atoms with Gasteiger partial charge >= 0.3 is 0 Å². The van der Waals surface area contributed by atoms with Crippen LogP contribution in [-0.4, -0.2) is 14.3 Å². The summed E-state index contributed by atoms with van der Waals surface area (Å²) in [6.07, 6.45) is 1.93. The van der Waals surface area contributed by atoms with Crippen molar-refractivity contribution in [3.63, 3.8) is 0 Å². The Morgan fingerprint density at radius 1 is 0.920 bits per heavy atom. The molecule has 0 radical (unpaired) electrons. The Kier molecular flexibility index (Phi) is 3.63. The van der Waals surface area contributed by atoms with E-state index in [0.717, 1.165) is 28.4 Å². The summed E-state index contributed by atoms with van der Waals surface area (Å²) in [6, 6.07) is 22.0. The van der Waals surface area contributed by atoms with E-state index >= 15 is 0 Å². The Labute approximate surface area is 143 Å². The highest BCUT2D eigenvalue weighted by Crippen LogP contribution is 2.31. The Morgan fingerprint density at radius 3 is 2.36 bits per heavy atom. The van der Waals surface area contributed by atoms with E-state index in [4.69, 9.17) is 0 Å². The maximum atomic E-state index is 10.9. The Bertz CT molecular complexity index is 1040. The van der Waals surface area contributed by atoms with E-state index in [2.05, 4.69) is 10.3 Å². The number of rotatable bonds is 4. The van der Waals surface area contributed by atoms with Gasteiger partial charge in [0.15, 0.2) is 0 Å². The van der Waals surface area contributed by atoms with Crippen LogP contribution in [0.2, 0.25) is 0 Å². The topological polar surface area (TPSA) is 72.5 Å². The van der Waals surface area contributed by atoms with Crippen LogP contribution < -0.4 is 5.32 Å². The second kappa shape index (κ2) is 6.09. The molecule has 0 saturated carbocycles. The van der Waals surface area contributed by atoms with Crippen LogP contribution in [0.5, 0.6) is 0 Å². The molecular weight excluding hydrogens is 316 g/mol. The number of benzene rings is 2. The molecule has 0 saturated heterocycles. The molecule has 4 aromatic rings. The lowest BCUT2D eigenvalue weighted by Crippen LogP contribution is -1.96.